The van der Waals surface area contributed by atoms with Crippen LogP contribution in [0.4, 0.5) is 0 Å². The van der Waals surface area contributed by atoms with Crippen molar-refractivity contribution in [2.24, 2.45) is 10.7 Å². The number of aliphatic imine (C=N–C) groups is 1. The Morgan fingerprint density at radius 3 is 2.75 bits per heavy atom. The van der Waals surface area contributed by atoms with Crippen molar-refractivity contribution in [1.29, 1.82) is 0 Å². The highest BCUT2D eigenvalue weighted by Crippen LogP contribution is 1.93. The molecule has 1 heterocycles. The lowest BCUT2D eigenvalue weighted by molar-refractivity contribution is -0.114. The minimum Gasteiger partial charge on any atom is -0.364 e. The highest BCUT2D eigenvalue weighted by molar-refractivity contribution is 5.95. The fourth-order valence-electron chi connectivity index (χ4n) is 0.360. The molecule has 4 nitrogen and oxygen atoms in total. The van der Waals surface area contributed by atoms with E-state index in [0.29, 0.717) is 0 Å². The minimum absolute atomic E-state index is 0.213. The van der Waals surface area contributed by atoms with Gasteiger partial charge in [0.25, 0.3) is 5.91 Å². The van der Waals surface area contributed by atoms with E-state index < -0.39 is 5.91 Å². The number of hydrogen-bond donors (Lipinski definition) is 1. The zero-order chi connectivity index (χ0) is 5.98. The molecule has 1 aliphatic rings. The van der Waals surface area contributed by atoms with Crippen molar-refractivity contribution >= 4 is 12.2 Å². The Kier molecular flexibility index (Phi) is 0.997. The van der Waals surface area contributed by atoms with E-state index in [1.165, 1.54) is 12.5 Å². The molecule has 0 bridgehead atoms. The first-order valence-corrected chi connectivity index (χ1v) is 2.03. The van der Waals surface area contributed by atoms with Crippen LogP contribution < -0.4 is 11.1 Å². The molecule has 0 aromatic carbocycles. The molecule has 4 heteroatoms. The van der Waals surface area contributed by atoms with E-state index >= 15 is 0 Å². The monoisotopic (exact) mass is 110 g/mol. The predicted octanol–water partition coefficient (Wildman–Crippen LogP) is -1.04. The highest BCUT2D eigenvalue weighted by Gasteiger charge is 2.05. The number of amides is 1. The Morgan fingerprint density at radius 1 is 1.75 bits per heavy atom. The maximum atomic E-state index is 10.2. The topological polar surface area (TPSA) is 69.6 Å². The average Bonchev–Trinajstić information content (AvgIpc) is 2.12. The normalized spacial score (nSPS) is 15.2. The Morgan fingerprint density at radius 2 is 2.50 bits per heavy atom. The summed E-state index contributed by atoms with van der Waals surface area (Å²) in [6.07, 6.45) is 2.60. The van der Waals surface area contributed by atoms with E-state index in [4.69, 9.17) is 5.73 Å². The van der Waals surface area contributed by atoms with Crippen LogP contribution in [0.3, 0.4) is 0 Å². The van der Waals surface area contributed by atoms with Gasteiger partial charge in [0.15, 0.2) is 0 Å². The van der Waals surface area contributed by atoms with Crippen LogP contribution in [-0.2, 0) is 4.79 Å². The number of carbonyl (C=O) groups excluding carboxylic acids is 1. The largest absolute Gasteiger partial charge is 0.364 e. The zero-order valence-electron chi connectivity index (χ0n) is 4.03. The lowest BCUT2D eigenvalue weighted by Crippen LogP contribution is -2.18. The zero-order valence-corrected chi connectivity index (χ0v) is 4.03. The van der Waals surface area contributed by atoms with E-state index in [1.54, 1.807) is 0 Å². The maximum Gasteiger partial charge on any atom is 0.268 e. The Balaban J connectivity index is 2.64. The molecular formula is C4H4N3O. The quantitative estimate of drug-likeness (QED) is 0.460. The number of nitrogens with zero attached hydrogens (tertiary/aromatic N) is 2. The maximum absolute atomic E-state index is 10.2. The molecular weight excluding hydrogens is 106 g/mol. The summed E-state index contributed by atoms with van der Waals surface area (Å²) in [6.45, 7) is 0. The molecule has 0 atom stereocenters. The fraction of sp³-hybridized carbons (Fsp3) is 0. The van der Waals surface area contributed by atoms with Crippen molar-refractivity contribution < 1.29 is 4.79 Å². The fourth-order valence-corrected chi connectivity index (χ4v) is 0.360. The molecule has 0 spiro atoms. The molecule has 0 aromatic heterocycles. The van der Waals surface area contributed by atoms with E-state index in [2.05, 4.69) is 10.3 Å². The molecule has 41 valence electrons. The van der Waals surface area contributed by atoms with Crippen LogP contribution >= 0.6 is 0 Å². The first kappa shape index (κ1) is 4.83. The molecule has 8 heavy (non-hydrogen) atoms. The van der Waals surface area contributed by atoms with Gasteiger partial charge in [-0.3, -0.25) is 4.79 Å². The number of hydrogen-bond acceptors (Lipinski definition) is 2. The molecule has 1 aliphatic heterocycles. The third kappa shape index (κ3) is 0.676. The van der Waals surface area contributed by atoms with Gasteiger partial charge in [-0.1, -0.05) is 0 Å². The third-order valence-electron chi connectivity index (χ3n) is 0.713. The van der Waals surface area contributed by atoms with Gasteiger partial charge in [-0.15, -0.1) is 0 Å². The van der Waals surface area contributed by atoms with E-state index in [0.717, 1.165) is 0 Å². The minimum atomic E-state index is -0.539. The van der Waals surface area contributed by atoms with E-state index in [-0.39, 0.29) is 5.70 Å². The average molecular weight is 110 g/mol. The van der Waals surface area contributed by atoms with Crippen LogP contribution in [0.15, 0.2) is 16.9 Å². The number of primary amides is 1. The number of nitrogens with two attached hydrogens (primary N) is 1. The predicted molar refractivity (Wildman–Crippen MR) is 27.9 cm³/mol. The summed E-state index contributed by atoms with van der Waals surface area (Å²) < 4.78 is 0. The Bertz CT molecular complexity index is 170. The van der Waals surface area contributed by atoms with Gasteiger partial charge in [-0.2, -0.15) is 0 Å². The van der Waals surface area contributed by atoms with Gasteiger partial charge in [-0.05, 0) is 0 Å². The van der Waals surface area contributed by atoms with Crippen LogP contribution in [0.5, 0.6) is 0 Å². The van der Waals surface area contributed by atoms with Crippen molar-refractivity contribution in [3.05, 3.63) is 11.9 Å². The molecule has 0 fully saturated rings. The first-order chi connectivity index (χ1) is 3.80. The van der Waals surface area contributed by atoms with Crippen LogP contribution in [-0.4, -0.2) is 12.2 Å². The molecule has 0 saturated carbocycles. The summed E-state index contributed by atoms with van der Waals surface area (Å²) in [5.74, 6) is -0.539. The van der Waals surface area contributed by atoms with Crippen LogP contribution in [0.1, 0.15) is 0 Å². The standard InChI is InChI=1S/C4H4N3O/c5-4(8)3-1-6-2-7-3/h1-2H,(H2,5,8). The van der Waals surface area contributed by atoms with E-state index in [9.17, 15) is 4.79 Å². The number of carbonyl (C=O) groups is 1. The van der Waals surface area contributed by atoms with Gasteiger partial charge in [0.05, 0.1) is 6.20 Å². The summed E-state index contributed by atoms with van der Waals surface area (Å²) in [7, 11) is 0. The molecule has 1 amide bonds. The molecule has 1 radical (unpaired) electrons. The molecule has 0 unspecified atom stereocenters. The second-order valence-corrected chi connectivity index (χ2v) is 1.27. The van der Waals surface area contributed by atoms with Gasteiger partial charge in [0.2, 0.25) is 0 Å². The Labute approximate surface area is 46.1 Å². The highest BCUT2D eigenvalue weighted by atomic mass is 16.1. The van der Waals surface area contributed by atoms with Gasteiger partial charge in [-0.25, -0.2) is 10.3 Å². The summed E-state index contributed by atoms with van der Waals surface area (Å²) >= 11 is 0. The van der Waals surface area contributed by atoms with Crippen molar-refractivity contribution in [2.75, 3.05) is 0 Å². The van der Waals surface area contributed by atoms with Gasteiger partial charge in [0, 0.05) is 0 Å². The lowest BCUT2D eigenvalue weighted by Gasteiger charge is -1.86. The van der Waals surface area contributed by atoms with Crippen molar-refractivity contribution in [3.63, 3.8) is 0 Å². The molecule has 0 aliphatic carbocycles. The summed E-state index contributed by atoms with van der Waals surface area (Å²) in [4.78, 5) is 13.7. The summed E-state index contributed by atoms with van der Waals surface area (Å²) in [5.41, 5.74) is 5.03. The smallest absolute Gasteiger partial charge is 0.268 e. The number of rotatable bonds is 1. The molecule has 0 aromatic rings. The molecule has 1 rings (SSSR count). The summed E-state index contributed by atoms with van der Waals surface area (Å²) in [5, 5.41) is 3.53. The molecule has 0 saturated heterocycles. The van der Waals surface area contributed by atoms with Crippen molar-refractivity contribution in [3.8, 4) is 0 Å². The van der Waals surface area contributed by atoms with Gasteiger partial charge < -0.3 is 5.73 Å². The van der Waals surface area contributed by atoms with Crippen molar-refractivity contribution in [2.45, 2.75) is 0 Å². The lowest BCUT2D eigenvalue weighted by atomic mass is 10.5. The second kappa shape index (κ2) is 1.65. The third-order valence-corrected chi connectivity index (χ3v) is 0.713. The SMILES string of the molecule is NC(=O)C1=CN=C[N]1. The van der Waals surface area contributed by atoms with Gasteiger partial charge in [0.1, 0.15) is 12.0 Å². The van der Waals surface area contributed by atoms with Crippen LogP contribution in [0, 0.1) is 0 Å². The van der Waals surface area contributed by atoms with E-state index in [1.807, 2.05) is 0 Å². The molecule has 2 N–H and O–H groups in total. The summed E-state index contributed by atoms with van der Waals surface area (Å²) in [6, 6.07) is 0. The van der Waals surface area contributed by atoms with Crippen molar-refractivity contribution in [1.82, 2.24) is 5.32 Å². The first-order valence-electron chi connectivity index (χ1n) is 2.03. The van der Waals surface area contributed by atoms with Crippen LogP contribution in [0.25, 0.3) is 0 Å². The van der Waals surface area contributed by atoms with Crippen LogP contribution in [0.2, 0.25) is 0 Å². The second-order valence-electron chi connectivity index (χ2n) is 1.27. The van der Waals surface area contributed by atoms with Gasteiger partial charge >= 0.3 is 0 Å². The Hall–Kier alpha value is -1.32.